The molecule has 0 radical (unpaired) electrons. The van der Waals surface area contributed by atoms with Gasteiger partial charge in [-0.15, -0.1) is 0 Å². The number of nitrogens with zero attached hydrogens (tertiary/aromatic N) is 2. The van der Waals surface area contributed by atoms with Gasteiger partial charge in [-0.2, -0.15) is 0 Å². The summed E-state index contributed by atoms with van der Waals surface area (Å²) in [6.45, 7) is 7.47. The topological polar surface area (TPSA) is 136 Å². The quantitative estimate of drug-likeness (QED) is 0.393. The summed E-state index contributed by atoms with van der Waals surface area (Å²) in [4.78, 5) is 32.2. The number of carbonyl (C=O) groups excluding carboxylic acids is 2. The zero-order chi connectivity index (χ0) is 28.1. The van der Waals surface area contributed by atoms with Crippen LogP contribution in [0.1, 0.15) is 75.3 Å². The van der Waals surface area contributed by atoms with E-state index in [1.807, 2.05) is 19.9 Å². The number of ether oxygens (including phenoxy) is 1. The van der Waals surface area contributed by atoms with E-state index in [4.69, 9.17) is 10.5 Å². The van der Waals surface area contributed by atoms with Gasteiger partial charge >= 0.3 is 5.97 Å². The van der Waals surface area contributed by atoms with Crippen LogP contribution in [0, 0.1) is 16.9 Å². The molecule has 3 heterocycles. The van der Waals surface area contributed by atoms with Crippen LogP contribution in [0.15, 0.2) is 36.4 Å². The second kappa shape index (κ2) is 10.0. The number of amides is 1. The Morgan fingerprint density at radius 1 is 1.21 bits per heavy atom. The largest absolute Gasteiger partial charge is 0.784 e. The number of nitrogens with one attached hydrogen (secondary N) is 2. The van der Waals surface area contributed by atoms with Gasteiger partial charge in [0.15, 0.2) is 0 Å². The molecule has 9 nitrogen and oxygen atoms in total. The molecule has 208 valence electrons. The lowest BCUT2D eigenvalue weighted by Gasteiger charge is -2.47. The Kier molecular flexibility index (Phi) is 6.98. The number of primary amides is 1. The van der Waals surface area contributed by atoms with Crippen molar-refractivity contribution in [1.82, 2.24) is 20.3 Å². The van der Waals surface area contributed by atoms with Gasteiger partial charge < -0.3 is 31.0 Å². The van der Waals surface area contributed by atoms with Gasteiger partial charge in [-0.1, -0.05) is 12.1 Å². The highest BCUT2D eigenvalue weighted by Crippen LogP contribution is 2.44. The third-order valence-electron chi connectivity index (χ3n) is 8.25. The van der Waals surface area contributed by atoms with Gasteiger partial charge in [-0.25, -0.2) is 9.37 Å². The Hall–Kier alpha value is -3.34. The maximum atomic E-state index is 15.3. The second-order valence-electron chi connectivity index (χ2n) is 11.9. The van der Waals surface area contributed by atoms with Gasteiger partial charge in [0.2, 0.25) is 0 Å². The smallest absolute Gasteiger partial charge is 0.310 e. The number of rotatable bonds is 6. The van der Waals surface area contributed by atoms with Crippen LogP contribution in [0.4, 0.5) is 4.39 Å². The Balaban J connectivity index is 1.26. The molecule has 0 aliphatic carbocycles. The molecule has 2 aliphatic rings. The fourth-order valence-corrected chi connectivity index (χ4v) is 6.12. The van der Waals surface area contributed by atoms with E-state index in [-0.39, 0.29) is 30.2 Å². The lowest BCUT2D eigenvalue weighted by atomic mass is 9.87. The molecule has 2 aromatic carbocycles. The maximum absolute atomic E-state index is 15.3. The van der Waals surface area contributed by atoms with Crippen molar-refractivity contribution in [1.29, 1.82) is 0 Å². The number of nitrogens with two attached hydrogens (primary N) is 1. The minimum Gasteiger partial charge on any atom is -0.784 e. The summed E-state index contributed by atoms with van der Waals surface area (Å²) in [7, 11) is 0. The Labute approximate surface area is 226 Å². The summed E-state index contributed by atoms with van der Waals surface area (Å²) >= 11 is 0. The molecular weight excluding hydrogens is 501 g/mol. The number of aromatic nitrogens is 2. The Morgan fingerprint density at radius 3 is 2.64 bits per heavy atom. The number of benzene rings is 2. The highest BCUT2D eigenvalue weighted by Gasteiger charge is 2.50. The summed E-state index contributed by atoms with van der Waals surface area (Å²) in [6.07, 6.45) is 3.01. The molecule has 4 N–H and O–H groups in total. The predicted molar refractivity (Wildman–Crippen MR) is 146 cm³/mol. The molecule has 5 rings (SSSR count). The summed E-state index contributed by atoms with van der Waals surface area (Å²) in [6, 6.07) is 9.91. The van der Waals surface area contributed by atoms with Crippen molar-refractivity contribution in [3.05, 3.63) is 58.5 Å². The zero-order valence-electron chi connectivity index (χ0n) is 22.7. The molecule has 2 aliphatic heterocycles. The van der Waals surface area contributed by atoms with E-state index >= 15 is 4.39 Å². The van der Waals surface area contributed by atoms with Crippen molar-refractivity contribution in [2.75, 3.05) is 6.61 Å². The number of hydroxylamine groups is 2. The Bertz CT molecular complexity index is 1420. The number of aromatic amines is 1. The maximum Gasteiger partial charge on any atom is 0.310 e. The lowest BCUT2D eigenvalue weighted by Crippen LogP contribution is -2.47. The molecule has 0 spiro atoms. The molecule has 39 heavy (non-hydrogen) atoms. The number of fused-ring (bicyclic) bond motifs is 1. The minimum atomic E-state index is -0.830. The van der Waals surface area contributed by atoms with E-state index in [9.17, 15) is 14.8 Å². The van der Waals surface area contributed by atoms with Crippen LogP contribution in [0.3, 0.4) is 0 Å². The number of carbonyl (C=O) groups is 2. The molecular formula is C29H35FN5O4-. The van der Waals surface area contributed by atoms with Gasteiger partial charge in [-0.3, -0.25) is 9.59 Å². The first-order valence-corrected chi connectivity index (χ1v) is 13.4. The van der Waals surface area contributed by atoms with Crippen LogP contribution in [0.5, 0.6) is 0 Å². The number of piperidine rings is 1. The first-order chi connectivity index (χ1) is 18.4. The van der Waals surface area contributed by atoms with Crippen LogP contribution in [0.2, 0.25) is 0 Å². The summed E-state index contributed by atoms with van der Waals surface area (Å²) in [5.74, 6) is -1.56. The third kappa shape index (κ3) is 5.04. The van der Waals surface area contributed by atoms with E-state index in [1.54, 1.807) is 38.1 Å². The molecule has 1 amide bonds. The van der Waals surface area contributed by atoms with E-state index in [0.29, 0.717) is 28.8 Å². The molecule has 3 atom stereocenters. The highest BCUT2D eigenvalue weighted by molar-refractivity contribution is 6.04. The molecule has 3 unspecified atom stereocenters. The zero-order valence-corrected chi connectivity index (χ0v) is 22.7. The molecule has 10 heteroatoms. The van der Waals surface area contributed by atoms with Crippen LogP contribution < -0.4 is 11.1 Å². The normalized spacial score (nSPS) is 24.6. The number of esters is 1. The summed E-state index contributed by atoms with van der Waals surface area (Å²) in [5.41, 5.74) is 6.37. The lowest BCUT2D eigenvalue weighted by molar-refractivity contribution is -0.151. The second-order valence-corrected chi connectivity index (χ2v) is 11.9. The van der Waals surface area contributed by atoms with Crippen molar-refractivity contribution in [2.24, 2.45) is 11.7 Å². The number of halogens is 1. The SMILES string of the molecule is CC1(C)CC(C(=O)OCC2CCCC(c3ccc(-c4nc5c(C(N)=O)cccc5[nH]4)c(F)c3)N2)C(C)(C)N1[O-]. The van der Waals surface area contributed by atoms with Crippen LogP contribution in [0.25, 0.3) is 22.4 Å². The van der Waals surface area contributed by atoms with Gasteiger partial charge in [0.25, 0.3) is 5.91 Å². The van der Waals surface area contributed by atoms with Crippen molar-refractivity contribution in [2.45, 2.75) is 76.5 Å². The fourth-order valence-electron chi connectivity index (χ4n) is 6.12. The van der Waals surface area contributed by atoms with Crippen molar-refractivity contribution < 1.29 is 18.7 Å². The van der Waals surface area contributed by atoms with Crippen LogP contribution in [-0.4, -0.2) is 50.6 Å². The monoisotopic (exact) mass is 536 g/mol. The van der Waals surface area contributed by atoms with Crippen LogP contribution in [-0.2, 0) is 9.53 Å². The Morgan fingerprint density at radius 2 is 1.97 bits per heavy atom. The van der Waals surface area contributed by atoms with Crippen molar-refractivity contribution >= 4 is 22.9 Å². The van der Waals surface area contributed by atoms with Gasteiger partial charge in [0.05, 0.1) is 22.6 Å². The average molecular weight is 537 g/mol. The average Bonchev–Trinajstić information content (AvgIpc) is 3.40. The van der Waals surface area contributed by atoms with Gasteiger partial charge in [-0.05, 0) is 83.2 Å². The molecule has 0 bridgehead atoms. The van der Waals surface area contributed by atoms with Crippen molar-refractivity contribution in [3.8, 4) is 11.4 Å². The minimum absolute atomic E-state index is 0.0705. The molecule has 3 aromatic rings. The number of hydrogen-bond acceptors (Lipinski definition) is 7. The molecule has 0 saturated carbocycles. The standard InChI is InChI=1S/C29H35FN5O4/c1-28(2)14-20(29(3,4)35(28)38)27(37)39-15-17-7-5-9-22(32-17)16-11-12-18(21(30)13-16)26-33-23-10-6-8-19(25(31)36)24(23)34-26/h6,8,10-13,17,20,22,32H,5,7,9,14-15H2,1-4H3,(H2,31,36)(H,33,34)/q-1. The van der Waals surface area contributed by atoms with E-state index in [0.717, 1.165) is 29.9 Å². The first kappa shape index (κ1) is 27.2. The van der Waals surface area contributed by atoms with Gasteiger partial charge in [0.1, 0.15) is 23.8 Å². The molecule has 2 saturated heterocycles. The molecule has 2 fully saturated rings. The highest BCUT2D eigenvalue weighted by atomic mass is 19.1. The van der Waals surface area contributed by atoms with E-state index in [1.165, 1.54) is 6.07 Å². The number of para-hydroxylation sites is 1. The van der Waals surface area contributed by atoms with E-state index in [2.05, 4.69) is 15.3 Å². The number of H-pyrrole nitrogens is 1. The van der Waals surface area contributed by atoms with Crippen LogP contribution >= 0.6 is 0 Å². The van der Waals surface area contributed by atoms with E-state index < -0.39 is 28.7 Å². The van der Waals surface area contributed by atoms with Gasteiger partial charge in [0, 0.05) is 23.2 Å². The van der Waals surface area contributed by atoms with Crippen molar-refractivity contribution in [3.63, 3.8) is 0 Å². The number of hydrogen-bond donors (Lipinski definition) is 3. The summed E-state index contributed by atoms with van der Waals surface area (Å²) in [5, 5.41) is 17.2. The fraction of sp³-hybridized carbons (Fsp3) is 0.483. The summed E-state index contributed by atoms with van der Waals surface area (Å²) < 4.78 is 21.0. The first-order valence-electron chi connectivity index (χ1n) is 13.4. The predicted octanol–water partition coefficient (Wildman–Crippen LogP) is 4.57. The number of imidazole rings is 1. The third-order valence-corrected chi connectivity index (χ3v) is 8.25. The molecule has 1 aromatic heterocycles.